The fraction of sp³-hybridized carbons (Fsp3) is 0.594. The van der Waals surface area contributed by atoms with Crippen molar-refractivity contribution in [1.82, 2.24) is 0 Å². The number of unbranched alkanes of at least 4 members (excludes halogenated alkanes) is 12. The molecule has 0 radical (unpaired) electrons. The second-order valence-electron chi connectivity index (χ2n) is 20.2. The van der Waals surface area contributed by atoms with Crippen molar-refractivity contribution in [3.63, 3.8) is 0 Å². The van der Waals surface area contributed by atoms with Gasteiger partial charge in [0.1, 0.15) is 18.8 Å². The SMILES string of the molecule is CC/C=C\C/C=C\C/C=C\C/C=C\C/C=C\C/C=C\CCC(=O)OC1C(OCC(COC(=O)CCC/C=C\C/C=C\C/C=C\C/C=C\C/C=C\CC)OC(=O)CCCCCCC/C=C\CCCCCCCC)OC(C(=O)O)C(O)C1O. The quantitative estimate of drug-likeness (QED) is 0.0228. The number of carbonyl (C=O) groups is 4. The maximum Gasteiger partial charge on any atom is 0.335 e. The van der Waals surface area contributed by atoms with E-state index in [-0.39, 0.29) is 25.9 Å². The summed E-state index contributed by atoms with van der Waals surface area (Å²) in [7, 11) is 0. The summed E-state index contributed by atoms with van der Waals surface area (Å²) in [5.74, 6) is -3.34. The Labute approximate surface area is 489 Å². The number of aliphatic hydroxyl groups is 2. The summed E-state index contributed by atoms with van der Waals surface area (Å²) in [4.78, 5) is 51.2. The highest BCUT2D eigenvalue weighted by Crippen LogP contribution is 2.26. The first-order valence-corrected chi connectivity index (χ1v) is 30.8. The molecule has 454 valence electrons. The number of esters is 3. The van der Waals surface area contributed by atoms with E-state index in [1.54, 1.807) is 0 Å². The first-order valence-electron chi connectivity index (χ1n) is 30.8. The topological polar surface area (TPSA) is 175 Å². The Balaban J connectivity index is 2.78. The van der Waals surface area contributed by atoms with E-state index in [2.05, 4.69) is 142 Å². The van der Waals surface area contributed by atoms with Gasteiger partial charge in [-0.1, -0.05) is 218 Å². The van der Waals surface area contributed by atoms with Crippen LogP contribution in [0.4, 0.5) is 0 Å². The van der Waals surface area contributed by atoms with Gasteiger partial charge in [-0.3, -0.25) is 14.4 Å². The van der Waals surface area contributed by atoms with Crippen molar-refractivity contribution in [2.45, 2.75) is 250 Å². The van der Waals surface area contributed by atoms with Crippen LogP contribution >= 0.6 is 0 Å². The first-order chi connectivity index (χ1) is 39.6. The monoisotopic (exact) mass is 1130 g/mol. The fourth-order valence-corrected chi connectivity index (χ4v) is 8.25. The van der Waals surface area contributed by atoms with E-state index in [1.807, 2.05) is 24.3 Å². The van der Waals surface area contributed by atoms with Crippen molar-refractivity contribution in [3.8, 4) is 0 Å². The normalized spacial score (nSPS) is 18.8. The minimum Gasteiger partial charge on any atom is -0.479 e. The zero-order chi connectivity index (χ0) is 58.9. The number of rotatable bonds is 50. The van der Waals surface area contributed by atoms with Crippen LogP contribution in [0.5, 0.6) is 0 Å². The van der Waals surface area contributed by atoms with Gasteiger partial charge in [0.25, 0.3) is 0 Å². The molecular formula is C69H106O12. The zero-order valence-electron chi connectivity index (χ0n) is 50.0. The molecule has 0 aromatic heterocycles. The maximum atomic E-state index is 13.2. The fourth-order valence-electron chi connectivity index (χ4n) is 8.25. The van der Waals surface area contributed by atoms with Gasteiger partial charge in [0, 0.05) is 19.3 Å². The Bertz CT molecular complexity index is 1960. The summed E-state index contributed by atoms with van der Waals surface area (Å²) in [6, 6.07) is 0. The zero-order valence-corrected chi connectivity index (χ0v) is 50.0. The second-order valence-corrected chi connectivity index (χ2v) is 20.2. The van der Waals surface area contributed by atoms with Crippen LogP contribution in [0, 0.1) is 0 Å². The Morgan fingerprint density at radius 2 is 0.815 bits per heavy atom. The van der Waals surface area contributed by atoms with Crippen LogP contribution in [0.3, 0.4) is 0 Å². The number of ether oxygens (including phenoxy) is 5. The van der Waals surface area contributed by atoms with Crippen molar-refractivity contribution in [2.75, 3.05) is 13.2 Å². The Morgan fingerprint density at radius 3 is 1.28 bits per heavy atom. The third-order valence-corrected chi connectivity index (χ3v) is 12.9. The molecule has 1 heterocycles. The summed E-state index contributed by atoms with van der Waals surface area (Å²) in [6.07, 6.45) is 66.8. The highest BCUT2D eigenvalue weighted by Gasteiger charge is 2.50. The van der Waals surface area contributed by atoms with Gasteiger partial charge in [0.15, 0.2) is 24.6 Å². The summed E-state index contributed by atoms with van der Waals surface area (Å²) < 4.78 is 28.3. The summed E-state index contributed by atoms with van der Waals surface area (Å²) in [5, 5.41) is 31.5. The molecule has 1 aliphatic rings. The van der Waals surface area contributed by atoms with Crippen LogP contribution < -0.4 is 0 Å². The minimum absolute atomic E-state index is 0.0792. The van der Waals surface area contributed by atoms with E-state index < -0.39 is 67.3 Å². The highest BCUT2D eigenvalue weighted by atomic mass is 16.7. The molecule has 1 rings (SSSR count). The smallest absolute Gasteiger partial charge is 0.335 e. The van der Waals surface area contributed by atoms with Gasteiger partial charge in [-0.05, 0) is 122 Å². The minimum atomic E-state index is -1.95. The molecule has 0 saturated carbocycles. The lowest BCUT2D eigenvalue weighted by atomic mass is 9.98. The second kappa shape index (κ2) is 55.2. The molecule has 1 fully saturated rings. The van der Waals surface area contributed by atoms with E-state index in [0.717, 1.165) is 103 Å². The molecule has 6 atom stereocenters. The lowest BCUT2D eigenvalue weighted by molar-refractivity contribution is -0.301. The Morgan fingerprint density at radius 1 is 0.420 bits per heavy atom. The van der Waals surface area contributed by atoms with Crippen molar-refractivity contribution >= 4 is 23.9 Å². The standard InChI is InChI=1S/C69H106O12/c1-4-7-10-13-16-19-22-25-28-30-31-33-36-39-42-45-48-51-54-57-63(72)80-67-65(74)64(73)66(68(75)76)81-69(67)78-59-60(79-62(71)56-53-50-47-44-41-38-34-27-24-21-18-15-12-9-6-3)58-77-61(70)55-52-49-46-43-40-37-35-32-29-26-23-20-17-14-11-8-5-2/h7-8,10-11,16-17,19-20,25-29,31,33-35,37,39,42-43,46,48,51,60,64-67,69,73-74H,4-6,9,12-15,18,21-24,30,32,36,38,40-41,44-45,47,49-50,52-59H2,1-3H3,(H,75,76)/b10-7-,11-8-,19-16-,20-17-,28-25-,29-26-,33-31-,34-27-,37-35-,42-39-,46-43-,51-48-. The molecule has 12 nitrogen and oxygen atoms in total. The molecule has 1 aliphatic heterocycles. The predicted molar refractivity (Wildman–Crippen MR) is 330 cm³/mol. The Kier molecular flexibility index (Phi) is 50.1. The number of carboxylic acid groups (broad SMARTS) is 1. The molecule has 0 aromatic carbocycles. The number of aliphatic hydroxyl groups excluding tert-OH is 2. The van der Waals surface area contributed by atoms with Gasteiger partial charge >= 0.3 is 23.9 Å². The van der Waals surface area contributed by atoms with E-state index >= 15 is 0 Å². The predicted octanol–water partition coefficient (Wildman–Crippen LogP) is 16.3. The number of hydrogen-bond acceptors (Lipinski definition) is 11. The molecule has 6 unspecified atom stereocenters. The summed E-state index contributed by atoms with van der Waals surface area (Å²) >= 11 is 0. The molecule has 0 bridgehead atoms. The van der Waals surface area contributed by atoms with Crippen molar-refractivity contribution in [3.05, 3.63) is 146 Å². The van der Waals surface area contributed by atoms with Crippen molar-refractivity contribution in [2.24, 2.45) is 0 Å². The van der Waals surface area contributed by atoms with Crippen LogP contribution in [0.1, 0.15) is 213 Å². The largest absolute Gasteiger partial charge is 0.479 e. The average Bonchev–Trinajstić information content (AvgIpc) is 3.54. The van der Waals surface area contributed by atoms with E-state index in [1.165, 1.54) is 38.5 Å². The molecule has 0 spiro atoms. The molecule has 81 heavy (non-hydrogen) atoms. The van der Waals surface area contributed by atoms with Crippen molar-refractivity contribution in [1.29, 1.82) is 0 Å². The number of carbonyl (C=O) groups excluding carboxylic acids is 3. The van der Waals surface area contributed by atoms with Crippen LogP contribution in [-0.4, -0.2) is 89.2 Å². The highest BCUT2D eigenvalue weighted by molar-refractivity contribution is 5.74. The number of aliphatic carboxylic acids is 1. The van der Waals surface area contributed by atoms with E-state index in [4.69, 9.17) is 23.7 Å². The molecular weight excluding hydrogens is 1020 g/mol. The third-order valence-electron chi connectivity index (χ3n) is 12.9. The Hall–Kier alpha value is -5.40. The van der Waals surface area contributed by atoms with Crippen LogP contribution in [0.2, 0.25) is 0 Å². The summed E-state index contributed by atoms with van der Waals surface area (Å²) in [5.41, 5.74) is 0. The maximum absolute atomic E-state index is 13.2. The molecule has 1 saturated heterocycles. The molecule has 0 amide bonds. The molecule has 0 aliphatic carbocycles. The summed E-state index contributed by atoms with van der Waals surface area (Å²) in [6.45, 7) is 5.66. The lowest BCUT2D eigenvalue weighted by Gasteiger charge is -2.40. The lowest BCUT2D eigenvalue weighted by Crippen LogP contribution is -2.61. The number of allylic oxidation sites excluding steroid dienone is 24. The van der Waals surface area contributed by atoms with E-state index in [9.17, 15) is 34.5 Å². The van der Waals surface area contributed by atoms with Gasteiger partial charge in [0.05, 0.1) is 6.61 Å². The van der Waals surface area contributed by atoms with Gasteiger partial charge in [-0.2, -0.15) is 0 Å². The molecule has 12 heteroatoms. The van der Waals surface area contributed by atoms with E-state index in [0.29, 0.717) is 32.1 Å². The first kappa shape index (κ1) is 73.6. The van der Waals surface area contributed by atoms with Crippen LogP contribution in [0.25, 0.3) is 0 Å². The third kappa shape index (κ3) is 44.9. The van der Waals surface area contributed by atoms with Crippen molar-refractivity contribution < 1.29 is 58.2 Å². The molecule has 3 N–H and O–H groups in total. The van der Waals surface area contributed by atoms with Gasteiger partial charge in [-0.25, -0.2) is 4.79 Å². The van der Waals surface area contributed by atoms with Crippen LogP contribution in [0.15, 0.2) is 146 Å². The van der Waals surface area contributed by atoms with Gasteiger partial charge in [0.2, 0.25) is 0 Å². The molecule has 0 aromatic rings. The van der Waals surface area contributed by atoms with Gasteiger partial charge in [-0.15, -0.1) is 0 Å². The number of carboxylic acids is 1. The van der Waals surface area contributed by atoms with Gasteiger partial charge < -0.3 is 39.0 Å². The number of hydrogen-bond donors (Lipinski definition) is 3. The van der Waals surface area contributed by atoms with Crippen LogP contribution in [-0.2, 0) is 42.9 Å². The average molecular weight is 1130 g/mol.